The molecular weight excluding hydrogens is 268 g/mol. The van der Waals surface area contributed by atoms with E-state index >= 15 is 0 Å². The fraction of sp³-hybridized carbons (Fsp3) is 0.545. The van der Waals surface area contributed by atoms with Crippen molar-refractivity contribution < 1.29 is 13.2 Å². The molecule has 0 saturated carbocycles. The highest BCUT2D eigenvalue weighted by Gasteiger charge is 2.13. The second-order valence-corrected chi connectivity index (χ2v) is 5.65. The molecule has 0 unspecified atom stereocenters. The zero-order valence-electron chi connectivity index (χ0n) is 10.9. The Balaban J connectivity index is 2.42. The molecule has 0 atom stereocenters. The van der Waals surface area contributed by atoms with Crippen LogP contribution in [0.4, 0.5) is 5.82 Å². The van der Waals surface area contributed by atoms with E-state index in [1.165, 1.54) is 18.3 Å². The molecule has 19 heavy (non-hydrogen) atoms. The van der Waals surface area contributed by atoms with E-state index < -0.39 is 10.0 Å². The number of nitrogens with one attached hydrogen (secondary N) is 2. The molecule has 0 saturated heterocycles. The molecule has 0 aliphatic heterocycles. The van der Waals surface area contributed by atoms with Gasteiger partial charge in [-0.15, -0.1) is 0 Å². The Morgan fingerprint density at radius 3 is 2.74 bits per heavy atom. The Kier molecular flexibility index (Phi) is 6.71. The maximum atomic E-state index is 11.9. The van der Waals surface area contributed by atoms with Gasteiger partial charge in [-0.1, -0.05) is 6.92 Å². The van der Waals surface area contributed by atoms with Crippen molar-refractivity contribution in [3.63, 3.8) is 0 Å². The Hall–Kier alpha value is -1.22. The number of hydrogen-bond donors (Lipinski definition) is 3. The second kappa shape index (κ2) is 8.05. The van der Waals surface area contributed by atoms with Crippen LogP contribution < -0.4 is 16.0 Å². The number of aromatic nitrogens is 1. The summed E-state index contributed by atoms with van der Waals surface area (Å²) in [6, 6.07) is 2.94. The zero-order chi connectivity index (χ0) is 14.1. The Morgan fingerprint density at radius 2 is 2.16 bits per heavy atom. The van der Waals surface area contributed by atoms with Gasteiger partial charge in [0, 0.05) is 26.0 Å². The number of nitrogens with zero attached hydrogens (tertiary/aromatic N) is 1. The SMILES string of the molecule is CCCOCCCNS(=O)(=O)c1ccc(NN)nc1. The number of nitrogens with two attached hydrogens (primary N) is 1. The van der Waals surface area contributed by atoms with E-state index in [2.05, 4.69) is 15.1 Å². The van der Waals surface area contributed by atoms with Gasteiger partial charge in [0.15, 0.2) is 0 Å². The molecule has 0 bridgehead atoms. The van der Waals surface area contributed by atoms with E-state index in [0.29, 0.717) is 32.0 Å². The maximum absolute atomic E-state index is 11.9. The van der Waals surface area contributed by atoms with Crippen molar-refractivity contribution in [1.29, 1.82) is 0 Å². The molecule has 0 fully saturated rings. The van der Waals surface area contributed by atoms with Crippen LogP contribution in [0.15, 0.2) is 23.2 Å². The Bertz CT molecular complexity index is 461. The van der Waals surface area contributed by atoms with Gasteiger partial charge in [-0.3, -0.25) is 0 Å². The standard InChI is InChI=1S/C11H20N4O3S/c1-2-7-18-8-3-6-14-19(16,17)10-4-5-11(15-12)13-9-10/h4-5,9,14H,2-3,6-8,12H2,1H3,(H,13,15). The van der Waals surface area contributed by atoms with Gasteiger partial charge in [-0.2, -0.15) is 0 Å². The zero-order valence-corrected chi connectivity index (χ0v) is 11.7. The summed E-state index contributed by atoms with van der Waals surface area (Å²) in [6.07, 6.45) is 2.85. The number of rotatable bonds is 9. The molecule has 7 nitrogen and oxygen atoms in total. The third-order valence-corrected chi connectivity index (χ3v) is 3.75. The second-order valence-electron chi connectivity index (χ2n) is 3.89. The highest BCUT2D eigenvalue weighted by atomic mass is 32.2. The number of sulfonamides is 1. The molecule has 1 rings (SSSR count). The molecule has 4 N–H and O–H groups in total. The lowest BCUT2D eigenvalue weighted by molar-refractivity contribution is 0.133. The molecule has 0 aliphatic carbocycles. The van der Waals surface area contributed by atoms with Crippen LogP contribution in [0.1, 0.15) is 19.8 Å². The van der Waals surface area contributed by atoms with Gasteiger partial charge in [0.1, 0.15) is 10.7 Å². The molecule has 8 heteroatoms. The molecule has 108 valence electrons. The van der Waals surface area contributed by atoms with Crippen LogP contribution in [0.2, 0.25) is 0 Å². The van der Waals surface area contributed by atoms with Crippen molar-refractivity contribution >= 4 is 15.8 Å². The van der Waals surface area contributed by atoms with Gasteiger partial charge >= 0.3 is 0 Å². The average molecular weight is 288 g/mol. The van der Waals surface area contributed by atoms with Gasteiger partial charge in [-0.25, -0.2) is 24.0 Å². The van der Waals surface area contributed by atoms with E-state index in [0.717, 1.165) is 6.42 Å². The minimum Gasteiger partial charge on any atom is -0.381 e. The number of ether oxygens (including phenoxy) is 1. The topological polar surface area (TPSA) is 106 Å². The van der Waals surface area contributed by atoms with Crippen molar-refractivity contribution in [2.45, 2.75) is 24.7 Å². The lowest BCUT2D eigenvalue weighted by atomic mass is 10.4. The minimum atomic E-state index is -3.51. The molecule has 0 amide bonds. The largest absolute Gasteiger partial charge is 0.381 e. The Morgan fingerprint density at radius 1 is 1.37 bits per heavy atom. The molecule has 0 aliphatic rings. The van der Waals surface area contributed by atoms with Crippen LogP contribution >= 0.6 is 0 Å². The lowest BCUT2D eigenvalue weighted by Gasteiger charge is -2.07. The van der Waals surface area contributed by atoms with Crippen molar-refractivity contribution in [2.24, 2.45) is 5.84 Å². The normalized spacial score (nSPS) is 11.5. The number of pyridine rings is 1. The molecule has 1 aromatic heterocycles. The number of nitrogen functional groups attached to an aromatic ring is 1. The number of anilines is 1. The first-order valence-corrected chi connectivity index (χ1v) is 7.58. The van der Waals surface area contributed by atoms with Crippen LogP contribution in [-0.2, 0) is 14.8 Å². The van der Waals surface area contributed by atoms with E-state index in [1.54, 1.807) is 0 Å². The summed E-state index contributed by atoms with van der Waals surface area (Å²) in [4.78, 5) is 3.96. The van der Waals surface area contributed by atoms with Crippen LogP contribution in [-0.4, -0.2) is 33.2 Å². The molecule has 1 aromatic rings. The first-order chi connectivity index (χ1) is 9.10. The van der Waals surface area contributed by atoms with Crippen molar-refractivity contribution in [3.8, 4) is 0 Å². The van der Waals surface area contributed by atoms with Crippen LogP contribution in [0, 0.1) is 0 Å². The summed E-state index contributed by atoms with van der Waals surface area (Å²) in [7, 11) is -3.51. The molecule has 0 spiro atoms. The molecule has 1 heterocycles. The van der Waals surface area contributed by atoms with Gasteiger partial charge in [0.25, 0.3) is 0 Å². The number of hydrogen-bond acceptors (Lipinski definition) is 6. The van der Waals surface area contributed by atoms with Crippen LogP contribution in [0.3, 0.4) is 0 Å². The first-order valence-electron chi connectivity index (χ1n) is 6.10. The summed E-state index contributed by atoms with van der Waals surface area (Å²) < 4.78 is 31.5. The molecule has 0 aromatic carbocycles. The third kappa shape index (κ3) is 5.52. The Labute approximate surface area is 113 Å². The van der Waals surface area contributed by atoms with Crippen LogP contribution in [0.5, 0.6) is 0 Å². The van der Waals surface area contributed by atoms with Crippen LogP contribution in [0.25, 0.3) is 0 Å². The fourth-order valence-electron chi connectivity index (χ4n) is 1.34. The predicted octanol–water partition coefficient (Wildman–Crippen LogP) is 0.462. The summed E-state index contributed by atoms with van der Waals surface area (Å²) in [6.45, 7) is 3.60. The van der Waals surface area contributed by atoms with Crippen molar-refractivity contribution in [2.75, 3.05) is 25.2 Å². The highest BCUT2D eigenvalue weighted by Crippen LogP contribution is 2.09. The summed E-state index contributed by atoms with van der Waals surface area (Å²) >= 11 is 0. The lowest BCUT2D eigenvalue weighted by Crippen LogP contribution is -2.25. The van der Waals surface area contributed by atoms with Gasteiger partial charge < -0.3 is 10.2 Å². The monoisotopic (exact) mass is 288 g/mol. The first kappa shape index (κ1) is 15.8. The smallest absolute Gasteiger partial charge is 0.242 e. The fourth-order valence-corrected chi connectivity index (χ4v) is 2.35. The van der Waals surface area contributed by atoms with E-state index in [-0.39, 0.29) is 4.90 Å². The predicted molar refractivity (Wildman–Crippen MR) is 73.0 cm³/mol. The summed E-state index contributed by atoms with van der Waals surface area (Å²) in [5.41, 5.74) is 2.33. The maximum Gasteiger partial charge on any atom is 0.242 e. The van der Waals surface area contributed by atoms with Gasteiger partial charge in [-0.05, 0) is 25.0 Å². The minimum absolute atomic E-state index is 0.112. The average Bonchev–Trinajstić information content (AvgIpc) is 2.43. The number of hydrazine groups is 1. The summed E-state index contributed by atoms with van der Waals surface area (Å²) in [5, 5.41) is 0. The van der Waals surface area contributed by atoms with Gasteiger partial charge in [0.2, 0.25) is 10.0 Å². The van der Waals surface area contributed by atoms with Gasteiger partial charge in [0.05, 0.1) is 0 Å². The van der Waals surface area contributed by atoms with Crippen molar-refractivity contribution in [1.82, 2.24) is 9.71 Å². The highest BCUT2D eigenvalue weighted by molar-refractivity contribution is 7.89. The van der Waals surface area contributed by atoms with E-state index in [9.17, 15) is 8.42 Å². The van der Waals surface area contributed by atoms with E-state index in [1.807, 2.05) is 6.92 Å². The van der Waals surface area contributed by atoms with Crippen molar-refractivity contribution in [3.05, 3.63) is 18.3 Å². The molecular formula is C11H20N4O3S. The van der Waals surface area contributed by atoms with E-state index in [4.69, 9.17) is 10.6 Å². The third-order valence-electron chi connectivity index (χ3n) is 2.30. The molecule has 0 radical (unpaired) electrons. The summed E-state index contributed by atoms with van der Waals surface area (Å²) in [5.74, 6) is 5.56. The quantitative estimate of drug-likeness (QED) is 0.346.